The minimum atomic E-state index is -0.186. The molecule has 1 atom stereocenters. The number of amides is 2. The van der Waals surface area contributed by atoms with E-state index < -0.39 is 0 Å². The molecule has 0 bridgehead atoms. The normalized spacial score (nSPS) is 14.7. The lowest BCUT2D eigenvalue weighted by Crippen LogP contribution is -2.36. The molecule has 0 saturated carbocycles. The van der Waals surface area contributed by atoms with E-state index in [1.54, 1.807) is 30.2 Å². The van der Waals surface area contributed by atoms with Gasteiger partial charge in [-0.3, -0.25) is 9.59 Å². The van der Waals surface area contributed by atoms with Crippen molar-refractivity contribution in [3.63, 3.8) is 0 Å². The number of carbonyl (C=O) groups excluding carboxylic acids is 2. The molecule has 6 heteroatoms. The summed E-state index contributed by atoms with van der Waals surface area (Å²) in [6.45, 7) is 2.94. The minimum absolute atomic E-state index is 0.105. The summed E-state index contributed by atoms with van der Waals surface area (Å²) >= 11 is 0. The van der Waals surface area contributed by atoms with Crippen LogP contribution in [-0.2, 0) is 4.79 Å². The summed E-state index contributed by atoms with van der Waals surface area (Å²) < 4.78 is 10.8. The molecule has 0 radical (unpaired) electrons. The quantitative estimate of drug-likeness (QED) is 0.816. The van der Waals surface area contributed by atoms with Gasteiger partial charge in [-0.15, -0.1) is 0 Å². The Morgan fingerprint density at radius 3 is 2.59 bits per heavy atom. The van der Waals surface area contributed by atoms with E-state index in [1.165, 1.54) is 0 Å². The summed E-state index contributed by atoms with van der Waals surface area (Å²) in [6, 6.07) is 14.3. The maximum absolute atomic E-state index is 12.5. The van der Waals surface area contributed by atoms with E-state index >= 15 is 0 Å². The predicted molar refractivity (Wildman–Crippen MR) is 103 cm³/mol. The first-order valence-corrected chi connectivity index (χ1v) is 9.05. The van der Waals surface area contributed by atoms with Crippen molar-refractivity contribution < 1.29 is 19.1 Å². The molecule has 1 aliphatic heterocycles. The highest BCUT2D eigenvalue weighted by molar-refractivity contribution is 5.99. The van der Waals surface area contributed by atoms with Gasteiger partial charge in [0.25, 0.3) is 5.91 Å². The number of methoxy groups -OCH3 is 1. The lowest BCUT2D eigenvalue weighted by atomic mass is 10.1. The van der Waals surface area contributed by atoms with Crippen LogP contribution in [0.15, 0.2) is 48.5 Å². The van der Waals surface area contributed by atoms with Gasteiger partial charge in [-0.05, 0) is 55.8 Å². The number of carbonyl (C=O) groups is 2. The van der Waals surface area contributed by atoms with Crippen LogP contribution in [0.5, 0.6) is 11.5 Å². The summed E-state index contributed by atoms with van der Waals surface area (Å²) in [6.07, 6.45) is 1.42. The number of hydrogen-bond acceptors (Lipinski definition) is 4. The largest absolute Gasteiger partial charge is 0.497 e. The molecule has 1 saturated heterocycles. The lowest BCUT2D eigenvalue weighted by Gasteiger charge is -2.18. The molecule has 0 aromatic heterocycles. The highest BCUT2D eigenvalue weighted by Crippen LogP contribution is 2.22. The topological polar surface area (TPSA) is 67.9 Å². The minimum Gasteiger partial charge on any atom is -0.497 e. The second kappa shape index (κ2) is 8.58. The monoisotopic (exact) mass is 368 g/mol. The molecule has 6 nitrogen and oxygen atoms in total. The third-order valence-electron chi connectivity index (χ3n) is 4.43. The van der Waals surface area contributed by atoms with Gasteiger partial charge in [-0.25, -0.2) is 0 Å². The Morgan fingerprint density at radius 1 is 1.19 bits per heavy atom. The summed E-state index contributed by atoms with van der Waals surface area (Å²) in [5.74, 6) is 1.40. The van der Waals surface area contributed by atoms with Crippen LogP contribution in [-0.4, -0.2) is 38.1 Å². The van der Waals surface area contributed by atoms with Crippen molar-refractivity contribution in [2.45, 2.75) is 25.8 Å². The van der Waals surface area contributed by atoms with Gasteiger partial charge in [0.2, 0.25) is 5.91 Å². The number of nitrogens with one attached hydrogen (secondary N) is 1. The van der Waals surface area contributed by atoms with Crippen molar-refractivity contribution in [2.75, 3.05) is 25.2 Å². The van der Waals surface area contributed by atoms with E-state index in [0.29, 0.717) is 30.9 Å². The van der Waals surface area contributed by atoms with E-state index in [-0.39, 0.29) is 17.9 Å². The standard InChI is InChI=1S/C21H24N2O4/c1-15(14-27-19-10-8-18(26-2)9-11-19)22-21(25)16-5-3-6-17(13-16)23-12-4-7-20(23)24/h3,5-6,8-11,13,15H,4,7,12,14H2,1-2H3,(H,22,25)/t15-/m1/s1. The molecule has 0 aliphatic carbocycles. The highest BCUT2D eigenvalue weighted by atomic mass is 16.5. The third kappa shape index (κ3) is 4.78. The fourth-order valence-electron chi connectivity index (χ4n) is 2.98. The SMILES string of the molecule is COc1ccc(OC[C@@H](C)NC(=O)c2cccc(N3CCCC3=O)c2)cc1. The first kappa shape index (κ1) is 18.8. The Labute approximate surface area is 159 Å². The predicted octanol–water partition coefficient (Wildman–Crippen LogP) is 3.02. The molecular formula is C21H24N2O4. The Bertz CT molecular complexity index is 804. The molecule has 27 heavy (non-hydrogen) atoms. The molecule has 3 rings (SSSR count). The number of hydrogen-bond donors (Lipinski definition) is 1. The maximum Gasteiger partial charge on any atom is 0.251 e. The zero-order valence-corrected chi connectivity index (χ0v) is 15.6. The first-order chi connectivity index (χ1) is 13.1. The Kier molecular flexibility index (Phi) is 5.96. The van der Waals surface area contributed by atoms with Crippen molar-refractivity contribution >= 4 is 17.5 Å². The maximum atomic E-state index is 12.5. The van der Waals surface area contributed by atoms with Crippen molar-refractivity contribution in [1.29, 1.82) is 0 Å². The smallest absolute Gasteiger partial charge is 0.251 e. The van der Waals surface area contributed by atoms with E-state index in [4.69, 9.17) is 9.47 Å². The summed E-state index contributed by atoms with van der Waals surface area (Å²) in [4.78, 5) is 26.1. The number of nitrogens with zero attached hydrogens (tertiary/aromatic N) is 1. The highest BCUT2D eigenvalue weighted by Gasteiger charge is 2.22. The van der Waals surface area contributed by atoms with Crippen molar-refractivity contribution in [1.82, 2.24) is 5.32 Å². The zero-order chi connectivity index (χ0) is 19.2. The van der Waals surface area contributed by atoms with E-state index in [9.17, 15) is 9.59 Å². The molecule has 142 valence electrons. The molecule has 1 aliphatic rings. The Morgan fingerprint density at radius 2 is 1.93 bits per heavy atom. The van der Waals surface area contributed by atoms with Crippen LogP contribution in [0.1, 0.15) is 30.1 Å². The summed E-state index contributed by atoms with van der Waals surface area (Å²) in [7, 11) is 1.61. The van der Waals surface area contributed by atoms with E-state index in [1.807, 2.05) is 37.3 Å². The van der Waals surface area contributed by atoms with Crippen LogP contribution in [0.3, 0.4) is 0 Å². The van der Waals surface area contributed by atoms with Gasteiger partial charge in [-0.2, -0.15) is 0 Å². The van der Waals surface area contributed by atoms with Crippen molar-refractivity contribution in [2.24, 2.45) is 0 Å². The zero-order valence-electron chi connectivity index (χ0n) is 15.6. The summed E-state index contributed by atoms with van der Waals surface area (Å²) in [5, 5.41) is 2.93. The number of benzene rings is 2. The van der Waals surface area contributed by atoms with E-state index in [2.05, 4.69) is 5.32 Å². The molecule has 1 fully saturated rings. The van der Waals surface area contributed by atoms with Gasteiger partial charge in [0.1, 0.15) is 18.1 Å². The molecule has 1 N–H and O–H groups in total. The number of rotatable bonds is 7. The fraction of sp³-hybridized carbons (Fsp3) is 0.333. The van der Waals surface area contributed by atoms with Crippen LogP contribution >= 0.6 is 0 Å². The second-order valence-corrected chi connectivity index (χ2v) is 6.56. The second-order valence-electron chi connectivity index (χ2n) is 6.56. The van der Waals surface area contributed by atoms with Gasteiger partial charge >= 0.3 is 0 Å². The molecule has 2 aromatic rings. The average Bonchev–Trinajstić information content (AvgIpc) is 3.13. The number of ether oxygens (including phenoxy) is 2. The average molecular weight is 368 g/mol. The summed E-state index contributed by atoms with van der Waals surface area (Å²) in [5.41, 5.74) is 1.30. The molecule has 0 spiro atoms. The van der Waals surface area contributed by atoms with E-state index in [0.717, 1.165) is 17.9 Å². The van der Waals surface area contributed by atoms with Crippen LogP contribution in [0.25, 0.3) is 0 Å². The van der Waals surface area contributed by atoms with Crippen LogP contribution in [0.2, 0.25) is 0 Å². The fourth-order valence-corrected chi connectivity index (χ4v) is 2.98. The van der Waals surface area contributed by atoms with Crippen molar-refractivity contribution in [3.8, 4) is 11.5 Å². The molecule has 2 amide bonds. The molecule has 2 aromatic carbocycles. The van der Waals surface area contributed by atoms with Crippen LogP contribution in [0, 0.1) is 0 Å². The van der Waals surface area contributed by atoms with Gasteiger partial charge < -0.3 is 19.7 Å². The third-order valence-corrected chi connectivity index (χ3v) is 4.43. The first-order valence-electron chi connectivity index (χ1n) is 9.05. The van der Waals surface area contributed by atoms with Crippen LogP contribution < -0.4 is 19.7 Å². The number of anilines is 1. The Balaban J connectivity index is 1.55. The van der Waals surface area contributed by atoms with Crippen molar-refractivity contribution in [3.05, 3.63) is 54.1 Å². The molecule has 1 heterocycles. The van der Waals surface area contributed by atoms with Gasteiger partial charge in [-0.1, -0.05) is 6.07 Å². The Hall–Kier alpha value is -3.02. The van der Waals surface area contributed by atoms with Gasteiger partial charge in [0.05, 0.1) is 13.2 Å². The van der Waals surface area contributed by atoms with Crippen LogP contribution in [0.4, 0.5) is 5.69 Å². The van der Waals surface area contributed by atoms with Gasteiger partial charge in [0.15, 0.2) is 0 Å². The molecule has 0 unspecified atom stereocenters. The lowest BCUT2D eigenvalue weighted by molar-refractivity contribution is -0.117. The van der Waals surface area contributed by atoms with Gasteiger partial charge in [0, 0.05) is 24.2 Å². The molecular weight excluding hydrogens is 344 g/mol.